The fourth-order valence-corrected chi connectivity index (χ4v) is 3.58. The Morgan fingerprint density at radius 1 is 1.35 bits per heavy atom. The number of halogens is 1. The van der Waals surface area contributed by atoms with Gasteiger partial charge in [-0.15, -0.1) is 0 Å². The number of likely N-dealkylation sites (tertiary alicyclic amines) is 1. The fraction of sp³-hybridized carbons (Fsp3) is 0.316. The minimum absolute atomic E-state index is 0.0311. The summed E-state index contributed by atoms with van der Waals surface area (Å²) in [7, 11) is 1.37. The number of ether oxygens (including phenoxy) is 1. The van der Waals surface area contributed by atoms with E-state index >= 15 is 0 Å². The second-order valence-electron chi connectivity index (χ2n) is 6.23. The lowest BCUT2D eigenvalue weighted by Gasteiger charge is -2.25. The van der Waals surface area contributed by atoms with Crippen LogP contribution in [0.15, 0.2) is 42.5 Å². The van der Waals surface area contributed by atoms with Crippen LogP contribution in [0.5, 0.6) is 5.75 Å². The zero-order valence-electron chi connectivity index (χ0n) is 14.4. The van der Waals surface area contributed by atoms with Crippen molar-refractivity contribution in [2.24, 2.45) is 0 Å². The van der Waals surface area contributed by atoms with Crippen LogP contribution in [-0.2, 0) is 6.42 Å². The van der Waals surface area contributed by atoms with Crippen molar-refractivity contribution in [2.45, 2.75) is 25.3 Å². The van der Waals surface area contributed by atoms with E-state index in [1.54, 1.807) is 11.0 Å². The number of amides is 1. The van der Waals surface area contributed by atoms with Gasteiger partial charge in [0.05, 0.1) is 12.0 Å². The van der Waals surface area contributed by atoms with E-state index < -0.39 is 4.92 Å². The molecule has 2 aromatic carbocycles. The van der Waals surface area contributed by atoms with Gasteiger partial charge in [-0.05, 0) is 43.0 Å². The maximum atomic E-state index is 12.9. The third-order valence-electron chi connectivity index (χ3n) is 4.67. The molecule has 7 heteroatoms. The molecule has 0 aliphatic carbocycles. The van der Waals surface area contributed by atoms with Gasteiger partial charge in [-0.1, -0.05) is 29.8 Å². The summed E-state index contributed by atoms with van der Waals surface area (Å²) in [5.41, 5.74) is 1.09. The first-order valence-corrected chi connectivity index (χ1v) is 8.76. The Morgan fingerprint density at radius 3 is 2.81 bits per heavy atom. The van der Waals surface area contributed by atoms with E-state index in [1.807, 2.05) is 24.3 Å². The maximum Gasteiger partial charge on any atom is 0.311 e. The summed E-state index contributed by atoms with van der Waals surface area (Å²) in [6, 6.07) is 11.9. The molecular weight excluding hydrogens is 356 g/mol. The van der Waals surface area contributed by atoms with Crippen molar-refractivity contribution in [1.29, 1.82) is 0 Å². The topological polar surface area (TPSA) is 72.7 Å². The molecule has 0 spiro atoms. The van der Waals surface area contributed by atoms with Gasteiger partial charge in [0.25, 0.3) is 5.91 Å². The van der Waals surface area contributed by atoms with Crippen molar-refractivity contribution in [2.75, 3.05) is 13.7 Å². The summed E-state index contributed by atoms with van der Waals surface area (Å²) in [4.78, 5) is 25.4. The lowest BCUT2D eigenvalue weighted by Crippen LogP contribution is -2.36. The van der Waals surface area contributed by atoms with E-state index in [0.717, 1.165) is 18.4 Å². The fourth-order valence-electron chi connectivity index (χ4n) is 3.36. The van der Waals surface area contributed by atoms with E-state index in [2.05, 4.69) is 0 Å². The van der Waals surface area contributed by atoms with Crippen LogP contribution in [-0.4, -0.2) is 35.4 Å². The molecule has 136 valence electrons. The van der Waals surface area contributed by atoms with Crippen molar-refractivity contribution in [1.82, 2.24) is 4.90 Å². The lowest BCUT2D eigenvalue weighted by atomic mass is 10.0. The average Bonchev–Trinajstić information content (AvgIpc) is 3.10. The van der Waals surface area contributed by atoms with E-state index in [1.165, 1.54) is 19.2 Å². The first-order valence-electron chi connectivity index (χ1n) is 8.38. The third kappa shape index (κ3) is 3.65. The highest BCUT2D eigenvalue weighted by molar-refractivity contribution is 6.31. The highest BCUT2D eigenvalue weighted by Gasteiger charge is 2.31. The Balaban J connectivity index is 1.83. The first kappa shape index (κ1) is 18.2. The summed E-state index contributed by atoms with van der Waals surface area (Å²) >= 11 is 6.24. The van der Waals surface area contributed by atoms with Gasteiger partial charge in [0.2, 0.25) is 0 Å². The molecule has 0 bridgehead atoms. The number of nitro groups is 1. The SMILES string of the molecule is COc1ccc(C(=O)N2CCCC2Cc2ccccc2Cl)cc1[N+](=O)[O-]. The number of benzene rings is 2. The van der Waals surface area contributed by atoms with Crippen LogP contribution in [0.2, 0.25) is 5.02 Å². The molecule has 1 amide bonds. The van der Waals surface area contributed by atoms with Crippen molar-refractivity contribution in [3.8, 4) is 5.75 Å². The average molecular weight is 375 g/mol. The number of rotatable bonds is 5. The molecule has 26 heavy (non-hydrogen) atoms. The van der Waals surface area contributed by atoms with Gasteiger partial charge < -0.3 is 9.64 Å². The number of methoxy groups -OCH3 is 1. The summed E-state index contributed by atoms with van der Waals surface area (Å²) in [5, 5.41) is 11.9. The molecule has 0 N–H and O–H groups in total. The quantitative estimate of drug-likeness (QED) is 0.583. The molecule has 1 aliphatic heterocycles. The lowest BCUT2D eigenvalue weighted by molar-refractivity contribution is -0.385. The van der Waals surface area contributed by atoms with Gasteiger partial charge in [-0.2, -0.15) is 0 Å². The van der Waals surface area contributed by atoms with Crippen molar-refractivity contribution in [3.05, 3.63) is 68.7 Å². The first-order chi connectivity index (χ1) is 12.5. The van der Waals surface area contributed by atoms with E-state index in [0.29, 0.717) is 23.6 Å². The zero-order chi connectivity index (χ0) is 18.7. The Bertz CT molecular complexity index is 840. The minimum atomic E-state index is -0.541. The molecular formula is C19H19ClN2O4. The normalized spacial score (nSPS) is 16.5. The Hall–Kier alpha value is -2.60. The number of nitrogens with zero attached hydrogens (tertiary/aromatic N) is 2. The van der Waals surface area contributed by atoms with Crippen LogP contribution < -0.4 is 4.74 Å². The maximum absolute atomic E-state index is 12.9. The molecule has 3 rings (SSSR count). The molecule has 0 saturated carbocycles. The number of nitro benzene ring substituents is 1. The molecule has 2 aromatic rings. The van der Waals surface area contributed by atoms with Gasteiger partial charge in [-0.3, -0.25) is 14.9 Å². The van der Waals surface area contributed by atoms with Crippen LogP contribution in [0.25, 0.3) is 0 Å². The van der Waals surface area contributed by atoms with Crippen molar-refractivity contribution < 1.29 is 14.5 Å². The monoisotopic (exact) mass is 374 g/mol. The smallest absolute Gasteiger partial charge is 0.311 e. The molecule has 1 atom stereocenters. The molecule has 0 radical (unpaired) electrons. The standard InChI is InChI=1S/C19H19ClN2O4/c1-26-18-9-8-14(12-17(18)22(24)25)19(23)21-10-4-6-15(21)11-13-5-2-3-7-16(13)20/h2-3,5,7-9,12,15H,4,6,10-11H2,1H3. The highest BCUT2D eigenvalue weighted by Crippen LogP contribution is 2.30. The van der Waals surface area contributed by atoms with Gasteiger partial charge in [0.15, 0.2) is 5.75 Å². The highest BCUT2D eigenvalue weighted by atomic mass is 35.5. The largest absolute Gasteiger partial charge is 0.490 e. The minimum Gasteiger partial charge on any atom is -0.490 e. The zero-order valence-corrected chi connectivity index (χ0v) is 15.1. The molecule has 1 aliphatic rings. The number of hydrogen-bond acceptors (Lipinski definition) is 4. The summed E-state index contributed by atoms with van der Waals surface area (Å²) < 4.78 is 5.00. The van der Waals surface area contributed by atoms with E-state index in [-0.39, 0.29) is 23.4 Å². The van der Waals surface area contributed by atoms with Crippen molar-refractivity contribution in [3.63, 3.8) is 0 Å². The molecule has 1 saturated heterocycles. The molecule has 1 heterocycles. The van der Waals surface area contributed by atoms with Crippen LogP contribution in [0.3, 0.4) is 0 Å². The molecule has 6 nitrogen and oxygen atoms in total. The van der Waals surface area contributed by atoms with Gasteiger partial charge in [0, 0.05) is 29.2 Å². The Morgan fingerprint density at radius 2 is 2.12 bits per heavy atom. The number of hydrogen-bond donors (Lipinski definition) is 0. The predicted octanol–water partition coefficient (Wildman–Crippen LogP) is 4.10. The number of carbonyl (C=O) groups is 1. The summed E-state index contributed by atoms with van der Waals surface area (Å²) in [6.45, 7) is 0.633. The van der Waals surface area contributed by atoms with Gasteiger partial charge in [-0.25, -0.2) is 0 Å². The Kier molecular flexibility index (Phi) is 5.42. The Labute approximate surface area is 156 Å². The van der Waals surface area contributed by atoms with E-state index in [4.69, 9.17) is 16.3 Å². The second kappa shape index (κ2) is 7.74. The van der Waals surface area contributed by atoms with Gasteiger partial charge in [0.1, 0.15) is 0 Å². The van der Waals surface area contributed by atoms with Crippen LogP contribution >= 0.6 is 11.6 Å². The number of carbonyl (C=O) groups excluding carboxylic acids is 1. The second-order valence-corrected chi connectivity index (χ2v) is 6.64. The van der Waals surface area contributed by atoms with E-state index in [9.17, 15) is 14.9 Å². The van der Waals surface area contributed by atoms with Crippen LogP contribution in [0.4, 0.5) is 5.69 Å². The third-order valence-corrected chi connectivity index (χ3v) is 5.04. The molecule has 0 aromatic heterocycles. The van der Waals surface area contributed by atoms with Crippen molar-refractivity contribution >= 4 is 23.2 Å². The summed E-state index contributed by atoms with van der Waals surface area (Å²) in [6.07, 6.45) is 2.46. The van der Waals surface area contributed by atoms with Gasteiger partial charge >= 0.3 is 5.69 Å². The van der Waals surface area contributed by atoms with Crippen LogP contribution in [0, 0.1) is 10.1 Å². The molecule has 1 unspecified atom stereocenters. The van der Waals surface area contributed by atoms with Crippen LogP contribution in [0.1, 0.15) is 28.8 Å². The summed E-state index contributed by atoms with van der Waals surface area (Å²) in [5.74, 6) is -0.0640. The molecule has 1 fully saturated rings. The predicted molar refractivity (Wildman–Crippen MR) is 98.9 cm³/mol.